The molecule has 2 aromatic carbocycles. The van der Waals surface area contributed by atoms with Crippen LogP contribution in [0.1, 0.15) is 0 Å². The SMILES string of the molecule is COc1ccccc1-n1cnnc1SCC(=O)Nc1cccc(F)c1. The number of hydrogen-bond acceptors (Lipinski definition) is 5. The van der Waals surface area contributed by atoms with Gasteiger partial charge in [0.2, 0.25) is 5.91 Å². The Morgan fingerprint density at radius 2 is 2.12 bits per heavy atom. The summed E-state index contributed by atoms with van der Waals surface area (Å²) in [5, 5.41) is 11.1. The highest BCUT2D eigenvalue weighted by molar-refractivity contribution is 7.99. The van der Waals surface area contributed by atoms with Gasteiger partial charge in [0.1, 0.15) is 17.9 Å². The lowest BCUT2D eigenvalue weighted by Crippen LogP contribution is -2.14. The van der Waals surface area contributed by atoms with E-state index in [1.54, 1.807) is 24.1 Å². The fourth-order valence-corrected chi connectivity index (χ4v) is 2.93. The molecule has 0 fully saturated rings. The number of thioether (sulfide) groups is 1. The van der Waals surface area contributed by atoms with Gasteiger partial charge >= 0.3 is 0 Å². The summed E-state index contributed by atoms with van der Waals surface area (Å²) in [5.74, 6) is 0.129. The van der Waals surface area contributed by atoms with Crippen molar-refractivity contribution in [2.75, 3.05) is 18.2 Å². The quantitative estimate of drug-likeness (QED) is 0.686. The van der Waals surface area contributed by atoms with Crippen LogP contribution in [0.4, 0.5) is 10.1 Å². The van der Waals surface area contributed by atoms with Gasteiger partial charge in [0, 0.05) is 5.69 Å². The minimum absolute atomic E-state index is 0.115. The van der Waals surface area contributed by atoms with Crippen LogP contribution < -0.4 is 10.1 Å². The summed E-state index contributed by atoms with van der Waals surface area (Å²) in [5.41, 5.74) is 1.19. The van der Waals surface area contributed by atoms with E-state index in [1.807, 2.05) is 24.3 Å². The van der Waals surface area contributed by atoms with Crippen molar-refractivity contribution >= 4 is 23.4 Å². The summed E-state index contributed by atoms with van der Waals surface area (Å²) in [6.45, 7) is 0. The summed E-state index contributed by atoms with van der Waals surface area (Å²) in [6.07, 6.45) is 1.56. The highest BCUT2D eigenvalue weighted by Gasteiger charge is 2.13. The molecule has 0 atom stereocenters. The van der Waals surface area contributed by atoms with Gasteiger partial charge in [-0.25, -0.2) is 4.39 Å². The maximum atomic E-state index is 13.1. The van der Waals surface area contributed by atoms with Crippen LogP contribution in [0.3, 0.4) is 0 Å². The number of rotatable bonds is 6. The number of aromatic nitrogens is 3. The summed E-state index contributed by atoms with van der Waals surface area (Å²) in [7, 11) is 1.59. The zero-order valence-electron chi connectivity index (χ0n) is 13.3. The van der Waals surface area contributed by atoms with Crippen molar-refractivity contribution in [3.8, 4) is 11.4 Å². The van der Waals surface area contributed by atoms with Crippen LogP contribution in [0.25, 0.3) is 5.69 Å². The standard InChI is InChI=1S/C17H15FN4O2S/c1-24-15-8-3-2-7-14(15)22-11-19-21-17(22)25-10-16(23)20-13-6-4-5-12(18)9-13/h2-9,11H,10H2,1H3,(H,20,23). The molecule has 0 bridgehead atoms. The number of halogens is 1. The summed E-state index contributed by atoms with van der Waals surface area (Å²) in [6, 6.07) is 13.2. The van der Waals surface area contributed by atoms with Gasteiger partial charge in [-0.05, 0) is 30.3 Å². The van der Waals surface area contributed by atoms with Gasteiger partial charge in [-0.15, -0.1) is 10.2 Å². The van der Waals surface area contributed by atoms with Crippen molar-refractivity contribution < 1.29 is 13.9 Å². The average molecular weight is 358 g/mol. The molecule has 0 aliphatic heterocycles. The van der Waals surface area contributed by atoms with Crippen molar-refractivity contribution in [2.24, 2.45) is 0 Å². The van der Waals surface area contributed by atoms with Crippen LogP contribution in [-0.2, 0) is 4.79 Å². The number of hydrogen-bond donors (Lipinski definition) is 1. The van der Waals surface area contributed by atoms with Crippen molar-refractivity contribution in [3.63, 3.8) is 0 Å². The van der Waals surface area contributed by atoms with Crippen molar-refractivity contribution in [1.82, 2.24) is 14.8 Å². The van der Waals surface area contributed by atoms with E-state index in [-0.39, 0.29) is 11.7 Å². The molecule has 6 nitrogen and oxygen atoms in total. The van der Waals surface area contributed by atoms with Crippen molar-refractivity contribution in [1.29, 1.82) is 0 Å². The molecule has 0 unspecified atom stereocenters. The first-order chi connectivity index (χ1) is 12.2. The molecule has 1 heterocycles. The molecular formula is C17H15FN4O2S. The van der Waals surface area contributed by atoms with Crippen molar-refractivity contribution in [3.05, 3.63) is 60.7 Å². The van der Waals surface area contributed by atoms with Crippen LogP contribution in [0.15, 0.2) is 60.0 Å². The lowest BCUT2D eigenvalue weighted by molar-refractivity contribution is -0.113. The number of benzene rings is 2. The highest BCUT2D eigenvalue weighted by atomic mass is 32.2. The Morgan fingerprint density at radius 1 is 1.28 bits per heavy atom. The number of methoxy groups -OCH3 is 1. The Kier molecular flexibility index (Phi) is 5.30. The summed E-state index contributed by atoms with van der Waals surface area (Å²) < 4.78 is 20.2. The molecule has 0 aliphatic rings. The third-order valence-electron chi connectivity index (χ3n) is 3.30. The van der Waals surface area contributed by atoms with Gasteiger partial charge in [-0.3, -0.25) is 9.36 Å². The molecule has 3 rings (SSSR count). The molecule has 0 saturated carbocycles. The molecule has 8 heteroatoms. The van der Waals surface area contributed by atoms with Crippen LogP contribution in [0.2, 0.25) is 0 Å². The Hall–Kier alpha value is -2.87. The number of ether oxygens (including phenoxy) is 1. The molecule has 0 saturated heterocycles. The van der Waals surface area contributed by atoms with E-state index in [2.05, 4.69) is 15.5 Å². The molecule has 3 aromatic rings. The predicted octanol–water partition coefficient (Wildman–Crippen LogP) is 3.15. The average Bonchev–Trinajstić information content (AvgIpc) is 3.08. The van der Waals surface area contributed by atoms with E-state index in [0.29, 0.717) is 16.6 Å². The molecule has 1 amide bonds. The third-order valence-corrected chi connectivity index (χ3v) is 4.24. The molecule has 1 N–H and O–H groups in total. The van der Waals surface area contributed by atoms with Crippen molar-refractivity contribution in [2.45, 2.75) is 5.16 Å². The fraction of sp³-hybridized carbons (Fsp3) is 0.118. The van der Waals surface area contributed by atoms with Gasteiger partial charge in [0.05, 0.1) is 18.6 Å². The minimum Gasteiger partial charge on any atom is -0.495 e. The number of nitrogens with zero attached hydrogens (tertiary/aromatic N) is 3. The van der Waals surface area contributed by atoms with Crippen LogP contribution in [0, 0.1) is 5.82 Å². The molecule has 128 valence electrons. The first-order valence-corrected chi connectivity index (χ1v) is 8.37. The second kappa shape index (κ2) is 7.80. The van der Waals surface area contributed by atoms with Crippen LogP contribution >= 0.6 is 11.8 Å². The van der Waals surface area contributed by atoms with E-state index < -0.39 is 5.82 Å². The predicted molar refractivity (Wildman–Crippen MR) is 93.7 cm³/mol. The van der Waals surface area contributed by atoms with E-state index >= 15 is 0 Å². The molecule has 0 spiro atoms. The largest absolute Gasteiger partial charge is 0.495 e. The first-order valence-electron chi connectivity index (χ1n) is 7.39. The topological polar surface area (TPSA) is 69.0 Å². The smallest absolute Gasteiger partial charge is 0.234 e. The Labute approximate surface area is 148 Å². The van der Waals surface area contributed by atoms with Gasteiger partial charge in [0.15, 0.2) is 5.16 Å². The van der Waals surface area contributed by atoms with Gasteiger partial charge < -0.3 is 10.1 Å². The van der Waals surface area contributed by atoms with E-state index in [1.165, 1.54) is 30.0 Å². The van der Waals surface area contributed by atoms with Gasteiger partial charge in [-0.2, -0.15) is 0 Å². The van der Waals surface area contributed by atoms with Gasteiger partial charge in [0.25, 0.3) is 0 Å². The van der Waals surface area contributed by atoms with Crippen LogP contribution in [0.5, 0.6) is 5.75 Å². The Balaban J connectivity index is 1.68. The third kappa shape index (κ3) is 4.16. The zero-order chi connectivity index (χ0) is 17.6. The number of anilines is 1. The minimum atomic E-state index is -0.402. The number of amides is 1. The molecular weight excluding hydrogens is 343 g/mol. The maximum absolute atomic E-state index is 13.1. The monoisotopic (exact) mass is 358 g/mol. The lowest BCUT2D eigenvalue weighted by atomic mass is 10.3. The second-order valence-corrected chi connectivity index (χ2v) is 5.95. The Morgan fingerprint density at radius 3 is 2.92 bits per heavy atom. The molecule has 0 aliphatic carbocycles. The maximum Gasteiger partial charge on any atom is 0.234 e. The van der Waals surface area contributed by atoms with E-state index in [9.17, 15) is 9.18 Å². The lowest BCUT2D eigenvalue weighted by Gasteiger charge is -2.10. The van der Waals surface area contributed by atoms with Gasteiger partial charge in [-0.1, -0.05) is 30.0 Å². The molecule has 1 aromatic heterocycles. The fourth-order valence-electron chi connectivity index (χ4n) is 2.21. The zero-order valence-corrected chi connectivity index (χ0v) is 14.2. The van der Waals surface area contributed by atoms with E-state index in [4.69, 9.17) is 4.74 Å². The van der Waals surface area contributed by atoms with E-state index in [0.717, 1.165) is 5.69 Å². The highest BCUT2D eigenvalue weighted by Crippen LogP contribution is 2.26. The normalized spacial score (nSPS) is 10.5. The second-order valence-electron chi connectivity index (χ2n) is 5.00. The number of para-hydroxylation sites is 2. The first kappa shape index (κ1) is 17.0. The van der Waals surface area contributed by atoms with Crippen LogP contribution in [-0.4, -0.2) is 33.5 Å². The number of nitrogens with one attached hydrogen (secondary N) is 1. The number of carbonyl (C=O) groups excluding carboxylic acids is 1. The number of carbonyl (C=O) groups is 1. The molecule has 0 radical (unpaired) electrons. The summed E-state index contributed by atoms with van der Waals surface area (Å²) in [4.78, 5) is 12.1. The Bertz CT molecular complexity index is 884. The summed E-state index contributed by atoms with van der Waals surface area (Å²) >= 11 is 1.23. The molecule has 25 heavy (non-hydrogen) atoms.